The summed E-state index contributed by atoms with van der Waals surface area (Å²) in [5, 5.41) is 8.93. The third-order valence-corrected chi connectivity index (χ3v) is 4.82. The number of aromatic nitrogens is 5. The quantitative estimate of drug-likeness (QED) is 0.576. The average molecular weight is 328 g/mol. The van der Waals surface area contributed by atoms with Gasteiger partial charge in [0.1, 0.15) is 5.65 Å². The van der Waals surface area contributed by atoms with Crippen molar-refractivity contribution < 1.29 is 0 Å². The summed E-state index contributed by atoms with van der Waals surface area (Å²) in [6.45, 7) is 1.95. The van der Waals surface area contributed by atoms with E-state index < -0.39 is 0 Å². The second-order valence-electron chi connectivity index (χ2n) is 5.79. The minimum Gasteiger partial charge on any atom is -0.336 e. The number of aryl methyl sites for hydroxylation is 1. The van der Waals surface area contributed by atoms with Gasteiger partial charge in [0.15, 0.2) is 5.82 Å². The Kier molecular flexibility index (Phi) is 3.33. The first kappa shape index (κ1) is 14.3. The van der Waals surface area contributed by atoms with Crippen LogP contribution < -0.4 is 11.4 Å². The number of nitrogen functional groups attached to an aromatic ring is 1. The van der Waals surface area contributed by atoms with Gasteiger partial charge in [-0.15, -0.1) is 10.2 Å². The Hall–Kier alpha value is -2.35. The van der Waals surface area contributed by atoms with Crippen molar-refractivity contribution in [2.45, 2.75) is 36.6 Å². The van der Waals surface area contributed by atoms with E-state index in [1.807, 2.05) is 19.1 Å². The Bertz CT molecular complexity index is 943. The highest BCUT2D eigenvalue weighted by molar-refractivity contribution is 7.98. The number of hydrogen-bond acceptors (Lipinski definition) is 6. The highest BCUT2D eigenvalue weighted by Crippen LogP contribution is 2.39. The summed E-state index contributed by atoms with van der Waals surface area (Å²) >= 11 is 1.44. The summed E-state index contributed by atoms with van der Waals surface area (Å²) in [7, 11) is 0. The van der Waals surface area contributed by atoms with Crippen LogP contribution in [-0.4, -0.2) is 24.3 Å². The Morgan fingerprint density at radius 1 is 1.35 bits per heavy atom. The molecule has 0 atom stereocenters. The largest absolute Gasteiger partial charge is 0.336 e. The molecular weight excluding hydrogens is 312 g/mol. The fourth-order valence-electron chi connectivity index (χ4n) is 2.48. The molecule has 3 aromatic heterocycles. The maximum atomic E-state index is 12.2. The van der Waals surface area contributed by atoms with Gasteiger partial charge < -0.3 is 5.84 Å². The minimum absolute atomic E-state index is 0.0813. The fourth-order valence-corrected chi connectivity index (χ4v) is 3.23. The lowest BCUT2D eigenvalue weighted by Gasteiger charge is -2.05. The summed E-state index contributed by atoms with van der Waals surface area (Å²) in [5.74, 6) is 7.85. The third-order valence-electron chi connectivity index (χ3n) is 3.84. The maximum absolute atomic E-state index is 12.2. The lowest BCUT2D eigenvalue weighted by atomic mass is 10.3. The van der Waals surface area contributed by atoms with Crippen LogP contribution >= 0.6 is 11.8 Å². The van der Waals surface area contributed by atoms with Gasteiger partial charge in [-0.05, 0) is 31.4 Å². The van der Waals surface area contributed by atoms with E-state index >= 15 is 0 Å². The number of rotatable bonds is 4. The minimum atomic E-state index is -0.0813. The van der Waals surface area contributed by atoms with Crippen molar-refractivity contribution in [1.82, 2.24) is 24.3 Å². The molecule has 0 bridgehead atoms. The third kappa shape index (κ3) is 2.70. The summed E-state index contributed by atoms with van der Waals surface area (Å²) in [6, 6.07) is 5.34. The predicted octanol–water partition coefficient (Wildman–Crippen LogP) is 1.48. The molecule has 0 saturated heterocycles. The van der Waals surface area contributed by atoms with Crippen LogP contribution in [-0.2, 0) is 5.75 Å². The van der Waals surface area contributed by atoms with Gasteiger partial charge >= 0.3 is 0 Å². The smallest absolute Gasteiger partial charge is 0.258 e. The van der Waals surface area contributed by atoms with E-state index in [-0.39, 0.29) is 5.56 Å². The first-order valence-corrected chi connectivity index (χ1v) is 8.42. The Morgan fingerprint density at radius 2 is 2.17 bits per heavy atom. The highest BCUT2D eigenvalue weighted by atomic mass is 32.2. The molecular formula is C15H16N6OS. The van der Waals surface area contributed by atoms with E-state index in [1.165, 1.54) is 11.8 Å². The number of hydrogen-bond donors (Lipinski definition) is 1. The zero-order chi connectivity index (χ0) is 16.0. The van der Waals surface area contributed by atoms with Crippen molar-refractivity contribution in [3.8, 4) is 0 Å². The topological polar surface area (TPSA) is 91.1 Å². The standard InChI is InChI=1S/C15H16N6OS/c1-9-2-5-12-17-11(6-13(22)20(12)7-9)8-23-15-19-18-14(21(15)16)10-3-4-10/h2,5-7,10H,3-4,8,16H2,1H3. The molecule has 1 saturated carbocycles. The van der Waals surface area contributed by atoms with Crippen LogP contribution in [0.2, 0.25) is 0 Å². The molecule has 0 aromatic carbocycles. The van der Waals surface area contributed by atoms with Crippen molar-refractivity contribution in [2.75, 3.05) is 5.84 Å². The molecule has 8 heteroatoms. The van der Waals surface area contributed by atoms with E-state index in [0.717, 1.165) is 24.2 Å². The number of thioether (sulfide) groups is 1. The SMILES string of the molecule is Cc1ccc2nc(CSc3nnc(C4CC4)n3N)cc(=O)n2c1. The zero-order valence-corrected chi connectivity index (χ0v) is 13.5. The number of nitrogens with zero attached hydrogens (tertiary/aromatic N) is 5. The molecule has 0 radical (unpaired) electrons. The van der Waals surface area contributed by atoms with Crippen LogP contribution in [0.4, 0.5) is 0 Å². The maximum Gasteiger partial charge on any atom is 0.258 e. The molecule has 3 heterocycles. The molecule has 7 nitrogen and oxygen atoms in total. The van der Waals surface area contributed by atoms with Crippen LogP contribution in [0.5, 0.6) is 0 Å². The van der Waals surface area contributed by atoms with Gasteiger partial charge in [-0.1, -0.05) is 17.8 Å². The van der Waals surface area contributed by atoms with Gasteiger partial charge in [-0.25, -0.2) is 9.66 Å². The van der Waals surface area contributed by atoms with Crippen molar-refractivity contribution in [1.29, 1.82) is 0 Å². The average Bonchev–Trinajstić information content (AvgIpc) is 3.30. The van der Waals surface area contributed by atoms with Crippen LogP contribution in [0.15, 0.2) is 34.3 Å². The lowest BCUT2D eigenvalue weighted by Crippen LogP contribution is -2.16. The molecule has 0 aliphatic heterocycles. The monoisotopic (exact) mass is 328 g/mol. The van der Waals surface area contributed by atoms with Crippen molar-refractivity contribution in [2.24, 2.45) is 0 Å². The summed E-state index contributed by atoms with van der Waals surface area (Å²) in [5.41, 5.74) is 2.29. The molecule has 0 amide bonds. The van der Waals surface area contributed by atoms with E-state index in [1.54, 1.807) is 21.3 Å². The highest BCUT2D eigenvalue weighted by Gasteiger charge is 2.29. The van der Waals surface area contributed by atoms with Gasteiger partial charge in [-0.3, -0.25) is 9.20 Å². The molecule has 0 spiro atoms. The Balaban J connectivity index is 1.58. The van der Waals surface area contributed by atoms with Gasteiger partial charge in [0, 0.05) is 23.9 Å². The second-order valence-corrected chi connectivity index (χ2v) is 6.74. The van der Waals surface area contributed by atoms with E-state index in [4.69, 9.17) is 5.84 Å². The molecule has 3 aromatic rings. The normalized spacial score (nSPS) is 14.5. The molecule has 1 aliphatic rings. The molecule has 4 rings (SSSR count). The zero-order valence-electron chi connectivity index (χ0n) is 12.6. The van der Waals surface area contributed by atoms with E-state index in [0.29, 0.717) is 28.2 Å². The first-order chi connectivity index (χ1) is 11.1. The second kappa shape index (κ2) is 5.38. The van der Waals surface area contributed by atoms with E-state index in [9.17, 15) is 4.79 Å². The Labute approximate surface area is 136 Å². The van der Waals surface area contributed by atoms with Crippen LogP contribution in [0, 0.1) is 6.92 Å². The van der Waals surface area contributed by atoms with Crippen LogP contribution in [0.1, 0.15) is 35.8 Å². The first-order valence-electron chi connectivity index (χ1n) is 7.44. The number of nitrogens with two attached hydrogens (primary N) is 1. The van der Waals surface area contributed by atoms with E-state index in [2.05, 4.69) is 15.2 Å². The predicted molar refractivity (Wildman–Crippen MR) is 87.9 cm³/mol. The van der Waals surface area contributed by atoms with Gasteiger partial charge in [0.25, 0.3) is 5.56 Å². The van der Waals surface area contributed by atoms with Crippen LogP contribution in [0.25, 0.3) is 5.65 Å². The molecule has 0 unspecified atom stereocenters. The fraction of sp³-hybridized carbons (Fsp3) is 0.333. The van der Waals surface area contributed by atoms with Crippen molar-refractivity contribution in [3.05, 3.63) is 51.8 Å². The molecule has 1 fully saturated rings. The number of pyridine rings is 1. The summed E-state index contributed by atoms with van der Waals surface area (Å²) in [6.07, 6.45) is 4.05. The molecule has 2 N–H and O–H groups in total. The summed E-state index contributed by atoms with van der Waals surface area (Å²) in [4.78, 5) is 16.7. The molecule has 23 heavy (non-hydrogen) atoms. The summed E-state index contributed by atoms with van der Waals surface area (Å²) < 4.78 is 3.11. The molecule has 1 aliphatic carbocycles. The van der Waals surface area contributed by atoms with Gasteiger partial charge in [-0.2, -0.15) is 0 Å². The van der Waals surface area contributed by atoms with Gasteiger partial charge in [0.05, 0.1) is 5.69 Å². The van der Waals surface area contributed by atoms with Crippen molar-refractivity contribution in [3.63, 3.8) is 0 Å². The Morgan fingerprint density at radius 3 is 2.96 bits per heavy atom. The van der Waals surface area contributed by atoms with Crippen molar-refractivity contribution >= 4 is 17.4 Å². The van der Waals surface area contributed by atoms with Gasteiger partial charge in [0.2, 0.25) is 5.16 Å². The lowest BCUT2D eigenvalue weighted by molar-refractivity contribution is 0.789. The van der Waals surface area contributed by atoms with Crippen LogP contribution in [0.3, 0.4) is 0 Å². The molecule has 118 valence electrons. The number of fused-ring (bicyclic) bond motifs is 1.